The zero-order valence-electron chi connectivity index (χ0n) is 11.8. The number of halogens is 2. The molecule has 2 rings (SSSR count). The number of nitrogens with one attached hydrogen (secondary N) is 1. The summed E-state index contributed by atoms with van der Waals surface area (Å²) in [6.07, 6.45) is 3.50. The summed E-state index contributed by atoms with van der Waals surface area (Å²) >= 11 is 1.50. The van der Waals surface area contributed by atoms with Crippen molar-refractivity contribution in [3.05, 3.63) is 29.7 Å². The molecule has 0 radical (unpaired) electrons. The van der Waals surface area contributed by atoms with Crippen molar-refractivity contribution in [3.63, 3.8) is 0 Å². The molecule has 0 aliphatic heterocycles. The lowest BCUT2D eigenvalue weighted by Gasteiger charge is -2.23. The van der Waals surface area contributed by atoms with E-state index in [9.17, 15) is 4.79 Å². The molecule has 0 saturated carbocycles. The summed E-state index contributed by atoms with van der Waals surface area (Å²) in [4.78, 5) is 16.3. The smallest absolute Gasteiger partial charge is 0.226 e. The van der Waals surface area contributed by atoms with Crippen molar-refractivity contribution in [2.24, 2.45) is 5.73 Å². The van der Waals surface area contributed by atoms with E-state index in [0.717, 1.165) is 16.3 Å². The van der Waals surface area contributed by atoms with Crippen molar-refractivity contribution in [2.75, 3.05) is 6.54 Å². The quantitative estimate of drug-likeness (QED) is 0.867. The van der Waals surface area contributed by atoms with Gasteiger partial charge in [0.1, 0.15) is 11.3 Å². The normalized spacial score (nSPS) is 10.4. The minimum atomic E-state index is -0.388. The molecule has 1 amide bonds. The molecule has 0 fully saturated rings. The molecule has 0 aromatic carbocycles. The van der Waals surface area contributed by atoms with Crippen LogP contribution in [0.25, 0.3) is 10.6 Å². The minimum Gasteiger partial charge on any atom is -0.472 e. The maximum Gasteiger partial charge on any atom is 0.226 e. The van der Waals surface area contributed by atoms with Gasteiger partial charge in [-0.2, -0.15) is 0 Å². The van der Waals surface area contributed by atoms with E-state index < -0.39 is 0 Å². The van der Waals surface area contributed by atoms with Crippen LogP contribution in [-0.4, -0.2) is 23.0 Å². The largest absolute Gasteiger partial charge is 0.472 e. The van der Waals surface area contributed by atoms with Crippen LogP contribution in [0.3, 0.4) is 0 Å². The Bertz CT molecular complexity index is 556. The number of rotatable bonds is 5. The van der Waals surface area contributed by atoms with Crippen molar-refractivity contribution >= 4 is 42.1 Å². The van der Waals surface area contributed by atoms with Gasteiger partial charge in [0.15, 0.2) is 0 Å². The van der Waals surface area contributed by atoms with Gasteiger partial charge in [-0.15, -0.1) is 36.2 Å². The number of carbonyl (C=O) groups is 1. The van der Waals surface area contributed by atoms with E-state index in [1.165, 1.54) is 11.3 Å². The first-order valence-electron chi connectivity index (χ1n) is 5.98. The Labute approximate surface area is 140 Å². The number of hydrogen-bond acceptors (Lipinski definition) is 5. The molecular weight excluding hydrogens is 333 g/mol. The van der Waals surface area contributed by atoms with Gasteiger partial charge in [0.2, 0.25) is 5.91 Å². The molecule has 2 aromatic heterocycles. The molecule has 2 heterocycles. The predicted molar refractivity (Wildman–Crippen MR) is 89.3 cm³/mol. The number of nitrogens with two attached hydrogens (primary N) is 1. The molecule has 8 heteroatoms. The SMILES string of the molecule is CC(C)(CN)NC(=O)Cc1csc(-c2ccoc2)n1.Cl.Cl. The van der Waals surface area contributed by atoms with Crippen LogP contribution >= 0.6 is 36.2 Å². The lowest BCUT2D eigenvalue weighted by atomic mass is 10.1. The molecule has 0 aliphatic rings. The van der Waals surface area contributed by atoms with Crippen molar-refractivity contribution in [1.29, 1.82) is 0 Å². The molecule has 3 N–H and O–H groups in total. The van der Waals surface area contributed by atoms with Gasteiger partial charge in [0.05, 0.1) is 18.4 Å². The molecule has 0 bridgehead atoms. The molecule has 5 nitrogen and oxygen atoms in total. The third kappa shape index (κ3) is 5.67. The van der Waals surface area contributed by atoms with Gasteiger partial charge < -0.3 is 15.5 Å². The van der Waals surface area contributed by atoms with Gasteiger partial charge in [-0.05, 0) is 19.9 Å². The molecule has 0 saturated heterocycles. The van der Waals surface area contributed by atoms with Crippen LogP contribution in [0.2, 0.25) is 0 Å². The van der Waals surface area contributed by atoms with Gasteiger partial charge >= 0.3 is 0 Å². The maximum atomic E-state index is 11.9. The van der Waals surface area contributed by atoms with E-state index in [2.05, 4.69) is 10.3 Å². The van der Waals surface area contributed by atoms with Gasteiger partial charge in [-0.25, -0.2) is 4.98 Å². The second kappa shape index (κ2) is 8.38. The van der Waals surface area contributed by atoms with Crippen LogP contribution in [0.15, 0.2) is 28.4 Å². The Morgan fingerprint density at radius 3 is 2.76 bits per heavy atom. The third-order valence-electron chi connectivity index (χ3n) is 2.65. The third-order valence-corrected chi connectivity index (χ3v) is 3.59. The Kier molecular flexibility index (Phi) is 7.95. The standard InChI is InChI=1S/C13H17N3O2S.2ClH/c1-13(2,8-14)16-11(17)5-10-7-19-12(15-10)9-3-4-18-6-9;;/h3-4,6-7H,5,8,14H2,1-2H3,(H,16,17);2*1H. The van der Waals surface area contributed by atoms with E-state index in [1.807, 2.05) is 25.3 Å². The molecule has 21 heavy (non-hydrogen) atoms. The summed E-state index contributed by atoms with van der Waals surface area (Å²) in [6, 6.07) is 1.85. The Morgan fingerprint density at radius 2 is 2.19 bits per heavy atom. The monoisotopic (exact) mass is 351 g/mol. The molecule has 0 spiro atoms. The highest BCUT2D eigenvalue weighted by atomic mass is 35.5. The van der Waals surface area contributed by atoms with Crippen LogP contribution in [0.5, 0.6) is 0 Å². The number of hydrogen-bond donors (Lipinski definition) is 2. The second-order valence-corrected chi connectivity index (χ2v) is 5.83. The van der Waals surface area contributed by atoms with E-state index in [4.69, 9.17) is 10.2 Å². The molecular formula is C13H19Cl2N3O2S. The van der Waals surface area contributed by atoms with Crippen LogP contribution in [-0.2, 0) is 11.2 Å². The first kappa shape index (κ1) is 19.9. The molecule has 2 aromatic rings. The first-order valence-corrected chi connectivity index (χ1v) is 6.86. The summed E-state index contributed by atoms with van der Waals surface area (Å²) in [5.41, 5.74) is 6.87. The number of furan rings is 1. The average Bonchev–Trinajstić information content (AvgIpc) is 2.97. The summed E-state index contributed by atoms with van der Waals surface area (Å²) in [7, 11) is 0. The number of carbonyl (C=O) groups excluding carboxylic acids is 1. The highest BCUT2D eigenvalue weighted by molar-refractivity contribution is 7.13. The van der Waals surface area contributed by atoms with Crippen LogP contribution < -0.4 is 11.1 Å². The van der Waals surface area contributed by atoms with E-state index in [0.29, 0.717) is 6.54 Å². The van der Waals surface area contributed by atoms with E-state index >= 15 is 0 Å². The zero-order valence-corrected chi connectivity index (χ0v) is 14.2. The van der Waals surface area contributed by atoms with Gasteiger partial charge in [0.25, 0.3) is 0 Å². The second-order valence-electron chi connectivity index (χ2n) is 4.97. The minimum absolute atomic E-state index is 0. The van der Waals surface area contributed by atoms with Gasteiger partial charge in [0, 0.05) is 23.0 Å². The molecule has 0 aliphatic carbocycles. The predicted octanol–water partition coefficient (Wildman–Crippen LogP) is 2.64. The lowest BCUT2D eigenvalue weighted by molar-refractivity contribution is -0.121. The van der Waals surface area contributed by atoms with Crippen molar-refractivity contribution < 1.29 is 9.21 Å². The van der Waals surface area contributed by atoms with Crippen LogP contribution in [0, 0.1) is 0 Å². The van der Waals surface area contributed by atoms with Crippen LogP contribution in [0.4, 0.5) is 0 Å². The lowest BCUT2D eigenvalue weighted by Crippen LogP contribution is -2.49. The van der Waals surface area contributed by atoms with Crippen molar-refractivity contribution in [1.82, 2.24) is 10.3 Å². The summed E-state index contributed by atoms with van der Waals surface area (Å²) < 4.78 is 5.01. The molecule has 118 valence electrons. The Hall–Kier alpha value is -1.08. The maximum absolute atomic E-state index is 11.9. The Morgan fingerprint density at radius 1 is 1.48 bits per heavy atom. The fourth-order valence-corrected chi connectivity index (χ4v) is 2.35. The average molecular weight is 352 g/mol. The van der Waals surface area contributed by atoms with Crippen molar-refractivity contribution in [3.8, 4) is 10.6 Å². The highest BCUT2D eigenvalue weighted by Gasteiger charge is 2.19. The molecule has 0 atom stereocenters. The van der Waals surface area contributed by atoms with Crippen molar-refractivity contribution in [2.45, 2.75) is 25.8 Å². The number of nitrogens with zero attached hydrogens (tertiary/aromatic N) is 1. The first-order chi connectivity index (χ1) is 9.00. The zero-order chi connectivity index (χ0) is 13.9. The summed E-state index contributed by atoms with van der Waals surface area (Å²) in [5.74, 6) is -0.0699. The van der Waals surface area contributed by atoms with Crippen LogP contribution in [0.1, 0.15) is 19.5 Å². The molecule has 0 unspecified atom stereocenters. The fourth-order valence-electron chi connectivity index (χ4n) is 1.54. The summed E-state index contributed by atoms with van der Waals surface area (Å²) in [5, 5.41) is 5.62. The number of thiazole rings is 1. The number of aromatic nitrogens is 1. The summed E-state index contributed by atoms with van der Waals surface area (Å²) in [6.45, 7) is 4.18. The highest BCUT2D eigenvalue weighted by Crippen LogP contribution is 2.24. The van der Waals surface area contributed by atoms with Gasteiger partial charge in [-0.3, -0.25) is 4.79 Å². The Balaban J connectivity index is 0.00000200. The van der Waals surface area contributed by atoms with E-state index in [-0.39, 0.29) is 42.7 Å². The fraction of sp³-hybridized carbons (Fsp3) is 0.385. The van der Waals surface area contributed by atoms with E-state index in [1.54, 1.807) is 12.5 Å². The topological polar surface area (TPSA) is 81.1 Å². The van der Waals surface area contributed by atoms with Gasteiger partial charge in [-0.1, -0.05) is 0 Å². The number of amides is 1.